The quantitative estimate of drug-likeness (QED) is 0.0169. The molecule has 2 aliphatic heterocycles. The average molecular weight is 1410 g/mol. The molecule has 2 fully saturated rings. The van der Waals surface area contributed by atoms with Crippen LogP contribution in [0.3, 0.4) is 0 Å². The summed E-state index contributed by atoms with van der Waals surface area (Å²) in [7, 11) is -5.33. The highest BCUT2D eigenvalue weighted by atomic mass is 32.3. The number of esters is 2. The Bertz CT molecular complexity index is 2050. The maximum absolute atomic E-state index is 14.3. The standard InChI is InChI=1S/C79H152O17S/c1-14-16-18-20-22-24-26-28-29-31-33-35-37-39-41-43-70(83)93-74-72(85)69(55-81)92-79(95-78-75(96-97(88,89)90)73(86)71(84)68(54-80)91-78)76(74)94-77(87)66(13)53-64(11)51-62(9)49-60(7)47-58(5)45-56(3)44-57(4)46-59(6)48-61(8)50-63(10)52-65(12)67(82)42-40-38-36-34-32-30-27-25-23-21-19-17-15-2/h56-69,71-76,78-82,84-86H,14-55H2,1-13H3,(H,88,89,90). The zero-order valence-electron chi connectivity index (χ0n) is 64.0. The number of hydrogen-bond acceptors (Lipinski definition) is 16. The van der Waals surface area contributed by atoms with E-state index in [0.717, 1.165) is 64.2 Å². The van der Waals surface area contributed by atoms with Crippen molar-refractivity contribution in [3.05, 3.63) is 0 Å². The Morgan fingerprint density at radius 3 is 1.08 bits per heavy atom. The Balaban J connectivity index is 1.92. The van der Waals surface area contributed by atoms with Crippen LogP contribution in [0.4, 0.5) is 0 Å². The molecule has 2 heterocycles. The van der Waals surface area contributed by atoms with Gasteiger partial charge < -0.3 is 54.3 Å². The third-order valence-corrected chi connectivity index (χ3v) is 21.7. The topological polar surface area (TPSA) is 265 Å². The fraction of sp³-hybridized carbons (Fsp3) is 0.975. The monoisotopic (exact) mass is 1410 g/mol. The lowest BCUT2D eigenvalue weighted by atomic mass is 9.79. The Hall–Kier alpha value is -1.55. The van der Waals surface area contributed by atoms with Crippen LogP contribution in [0, 0.1) is 65.1 Å². The molecule has 0 radical (unpaired) electrons. The minimum Gasteiger partial charge on any atom is -0.455 e. The van der Waals surface area contributed by atoms with Crippen molar-refractivity contribution in [1.29, 1.82) is 0 Å². The number of carbonyl (C=O) groups is 2. The summed E-state index contributed by atoms with van der Waals surface area (Å²) in [6.07, 6.45) is 27.7. The second-order valence-electron chi connectivity index (χ2n) is 32.4. The minimum absolute atomic E-state index is 0.0223. The maximum atomic E-state index is 14.3. The van der Waals surface area contributed by atoms with Gasteiger partial charge in [0.15, 0.2) is 24.6 Å². The van der Waals surface area contributed by atoms with E-state index in [-0.39, 0.29) is 18.4 Å². The molecule has 0 saturated carbocycles. The van der Waals surface area contributed by atoms with Crippen molar-refractivity contribution >= 4 is 22.3 Å². The smallest absolute Gasteiger partial charge is 0.397 e. The van der Waals surface area contributed by atoms with Gasteiger partial charge in [0, 0.05) is 6.42 Å². The number of ether oxygens (including phenoxy) is 5. The fourth-order valence-corrected chi connectivity index (χ4v) is 17.0. The Morgan fingerprint density at radius 1 is 0.402 bits per heavy atom. The van der Waals surface area contributed by atoms with E-state index in [9.17, 15) is 53.2 Å². The first-order chi connectivity index (χ1) is 46.1. The van der Waals surface area contributed by atoms with Crippen LogP contribution in [0.25, 0.3) is 0 Å². The van der Waals surface area contributed by atoms with E-state index in [4.69, 9.17) is 23.7 Å². The first kappa shape index (κ1) is 91.5. The molecule has 0 aromatic rings. The van der Waals surface area contributed by atoms with Gasteiger partial charge in [0.25, 0.3) is 0 Å². The molecule has 17 nitrogen and oxygen atoms in total. The van der Waals surface area contributed by atoms with Crippen LogP contribution in [0.2, 0.25) is 0 Å². The Labute approximate surface area is 593 Å². The maximum Gasteiger partial charge on any atom is 0.397 e. The highest BCUT2D eigenvalue weighted by molar-refractivity contribution is 7.80. The molecule has 22 unspecified atom stereocenters. The van der Waals surface area contributed by atoms with Gasteiger partial charge in [0.05, 0.1) is 25.2 Å². The van der Waals surface area contributed by atoms with Gasteiger partial charge in [0.2, 0.25) is 6.29 Å². The van der Waals surface area contributed by atoms with Crippen molar-refractivity contribution in [3.8, 4) is 0 Å². The van der Waals surface area contributed by atoms with Crippen molar-refractivity contribution in [2.45, 2.75) is 414 Å². The van der Waals surface area contributed by atoms with E-state index in [1.165, 1.54) is 173 Å². The number of unbranched alkanes of at least 4 members (excludes halogenated alkanes) is 26. The highest BCUT2D eigenvalue weighted by Gasteiger charge is 2.55. The van der Waals surface area contributed by atoms with Crippen LogP contribution in [0.15, 0.2) is 0 Å². The summed E-state index contributed by atoms with van der Waals surface area (Å²) in [5.74, 6) is 2.99. The van der Waals surface area contributed by atoms with Gasteiger partial charge in [-0.2, -0.15) is 8.42 Å². The summed E-state index contributed by atoms with van der Waals surface area (Å²) in [4.78, 5) is 27.9. The molecular weight excluding hydrogens is 1250 g/mol. The van der Waals surface area contributed by atoms with Gasteiger partial charge in [-0.25, -0.2) is 4.18 Å². The minimum atomic E-state index is -5.33. The number of rotatable bonds is 60. The summed E-state index contributed by atoms with van der Waals surface area (Å²) >= 11 is 0. The number of hydrogen-bond donors (Lipinski definition) is 7. The van der Waals surface area contributed by atoms with Crippen molar-refractivity contribution < 1.29 is 81.1 Å². The van der Waals surface area contributed by atoms with Crippen molar-refractivity contribution in [1.82, 2.24) is 0 Å². The van der Waals surface area contributed by atoms with Crippen molar-refractivity contribution in [2.24, 2.45) is 65.1 Å². The van der Waals surface area contributed by atoms with Crippen molar-refractivity contribution in [3.63, 3.8) is 0 Å². The lowest BCUT2D eigenvalue weighted by Gasteiger charge is -2.46. The molecule has 0 bridgehead atoms. The zero-order chi connectivity index (χ0) is 72.3. The lowest BCUT2D eigenvalue weighted by molar-refractivity contribution is -0.374. The predicted octanol–water partition coefficient (Wildman–Crippen LogP) is 17.5. The molecule has 18 heteroatoms. The van der Waals surface area contributed by atoms with Gasteiger partial charge in [-0.3, -0.25) is 14.1 Å². The second kappa shape index (κ2) is 53.3. The summed E-state index contributed by atoms with van der Waals surface area (Å²) in [6.45, 7) is 28.0. The molecule has 0 amide bonds. The number of carbonyl (C=O) groups excluding carboxylic acids is 2. The molecule has 576 valence electrons. The predicted molar refractivity (Wildman–Crippen MR) is 390 cm³/mol. The summed E-state index contributed by atoms with van der Waals surface area (Å²) in [5, 5.41) is 64.6. The Morgan fingerprint density at radius 2 is 0.722 bits per heavy atom. The van der Waals surface area contributed by atoms with Crippen LogP contribution in [0.1, 0.15) is 347 Å². The van der Waals surface area contributed by atoms with E-state index in [0.29, 0.717) is 66.1 Å². The Kier molecular flexibility index (Phi) is 50.3. The van der Waals surface area contributed by atoms with Gasteiger partial charge in [-0.15, -0.1) is 0 Å². The molecule has 2 aliphatic rings. The van der Waals surface area contributed by atoms with E-state index in [1.54, 1.807) is 6.92 Å². The zero-order valence-corrected chi connectivity index (χ0v) is 64.8. The van der Waals surface area contributed by atoms with Crippen molar-refractivity contribution in [2.75, 3.05) is 13.2 Å². The third-order valence-electron chi connectivity index (χ3n) is 21.3. The van der Waals surface area contributed by atoms with Crippen LogP contribution in [0.5, 0.6) is 0 Å². The fourth-order valence-electron chi connectivity index (χ4n) is 16.6. The van der Waals surface area contributed by atoms with E-state index < -0.39 is 103 Å². The van der Waals surface area contributed by atoms with Gasteiger partial charge in [-0.1, -0.05) is 263 Å². The molecule has 97 heavy (non-hydrogen) atoms. The molecule has 0 spiro atoms. The second-order valence-corrected chi connectivity index (χ2v) is 33.4. The normalized spacial score (nSPS) is 25.5. The summed E-state index contributed by atoms with van der Waals surface area (Å²) in [6, 6.07) is 0. The van der Waals surface area contributed by atoms with Gasteiger partial charge >= 0.3 is 22.3 Å². The van der Waals surface area contributed by atoms with E-state index in [2.05, 4.69) is 87.3 Å². The van der Waals surface area contributed by atoms with Crippen LogP contribution in [-0.4, -0.2) is 136 Å². The van der Waals surface area contributed by atoms with Gasteiger partial charge in [0.1, 0.15) is 30.5 Å². The first-order valence-corrected chi connectivity index (χ1v) is 41.4. The number of aliphatic hydroxyl groups is 6. The molecule has 7 N–H and O–H groups in total. The lowest BCUT2D eigenvalue weighted by Crippen LogP contribution is -2.65. The molecule has 0 aromatic carbocycles. The first-order valence-electron chi connectivity index (χ1n) is 40.1. The van der Waals surface area contributed by atoms with E-state index >= 15 is 0 Å². The SMILES string of the molecule is CCCCCCCCCCCCCCCCCC(=O)OC1C(O)C(CO)OC(OC2OC(CO)C(O)C(O)C2OS(=O)(=O)O)C1OC(=O)C(C)CC(C)CC(C)CC(C)CC(C)CC(C)CC(C)CC(C)CC(C)CC(C)CC(C)C(O)CCCCCCCCCCCCCCC. The molecule has 2 rings (SSSR count). The van der Waals surface area contributed by atoms with Crippen LogP contribution < -0.4 is 0 Å². The average Bonchev–Trinajstić information content (AvgIpc) is 0.790. The molecule has 0 aliphatic carbocycles. The highest BCUT2D eigenvalue weighted by Crippen LogP contribution is 2.37. The van der Waals surface area contributed by atoms with Crippen LogP contribution >= 0.6 is 0 Å². The molecule has 2 saturated heterocycles. The number of aliphatic hydroxyl groups excluding tert-OH is 6. The summed E-state index contributed by atoms with van der Waals surface area (Å²) in [5.41, 5.74) is 0. The van der Waals surface area contributed by atoms with Gasteiger partial charge in [-0.05, 0) is 136 Å². The molecular formula is C79H152O17S. The molecule has 22 atom stereocenters. The van der Waals surface area contributed by atoms with E-state index in [1.807, 2.05) is 0 Å². The van der Waals surface area contributed by atoms with Crippen LogP contribution in [-0.2, 0) is 47.9 Å². The molecule has 0 aromatic heterocycles. The largest absolute Gasteiger partial charge is 0.455 e. The summed E-state index contributed by atoms with van der Waals surface area (Å²) < 4.78 is 67.8. The third kappa shape index (κ3) is 41.5.